The van der Waals surface area contributed by atoms with Crippen LogP contribution in [0.2, 0.25) is 0 Å². The zero-order valence-electron chi connectivity index (χ0n) is 14.4. The van der Waals surface area contributed by atoms with E-state index in [1.807, 2.05) is 19.9 Å². The second-order valence-electron chi connectivity index (χ2n) is 5.69. The van der Waals surface area contributed by atoms with Crippen LogP contribution in [0.1, 0.15) is 31.0 Å². The van der Waals surface area contributed by atoms with Gasteiger partial charge in [0.2, 0.25) is 0 Å². The summed E-state index contributed by atoms with van der Waals surface area (Å²) in [6.45, 7) is 5.75. The van der Waals surface area contributed by atoms with Crippen molar-refractivity contribution in [1.82, 2.24) is 4.90 Å². The predicted molar refractivity (Wildman–Crippen MR) is 95.8 cm³/mol. The Hall–Kier alpha value is -3.09. The van der Waals surface area contributed by atoms with Gasteiger partial charge in [0.15, 0.2) is 0 Å². The normalized spacial score (nSPS) is 11.6. The number of nitro benzene ring substituents is 1. The fourth-order valence-corrected chi connectivity index (χ4v) is 2.70. The van der Waals surface area contributed by atoms with E-state index in [4.69, 9.17) is 0 Å². The number of carbonyl (C=O) groups excluding carboxylic acids is 1. The van der Waals surface area contributed by atoms with Crippen molar-refractivity contribution >= 4 is 17.4 Å². The lowest BCUT2D eigenvalue weighted by atomic mass is 10.1. The van der Waals surface area contributed by atoms with E-state index in [9.17, 15) is 20.0 Å². The molecule has 0 aromatic heterocycles. The van der Waals surface area contributed by atoms with Gasteiger partial charge in [0.05, 0.1) is 22.2 Å². The minimum absolute atomic E-state index is 0.0399. The Morgan fingerprint density at radius 3 is 2.60 bits per heavy atom. The number of phenolic OH excluding ortho intramolecular Hbond substituents is 1. The number of hydrogen-bond donors (Lipinski definition) is 2. The van der Waals surface area contributed by atoms with Crippen molar-refractivity contribution in [2.45, 2.75) is 26.8 Å². The van der Waals surface area contributed by atoms with E-state index < -0.39 is 4.92 Å². The van der Waals surface area contributed by atoms with Gasteiger partial charge in [0, 0.05) is 12.6 Å². The number of nitrogens with one attached hydrogen (secondary N) is 1. The summed E-state index contributed by atoms with van der Waals surface area (Å²) in [6, 6.07) is 10.7. The molecule has 2 amide bonds. The number of aromatic hydroxyl groups is 1. The highest BCUT2D eigenvalue weighted by atomic mass is 16.6. The zero-order valence-corrected chi connectivity index (χ0v) is 14.4. The molecule has 2 aromatic rings. The van der Waals surface area contributed by atoms with Gasteiger partial charge in [-0.2, -0.15) is 0 Å². The summed E-state index contributed by atoms with van der Waals surface area (Å²) in [4.78, 5) is 24.8. The van der Waals surface area contributed by atoms with Gasteiger partial charge in [-0.25, -0.2) is 4.79 Å². The lowest BCUT2D eigenvalue weighted by molar-refractivity contribution is -0.385. The maximum absolute atomic E-state index is 12.7. The number of urea groups is 1. The summed E-state index contributed by atoms with van der Waals surface area (Å²) in [5.41, 5.74) is 1.57. The van der Waals surface area contributed by atoms with Gasteiger partial charge in [0.25, 0.3) is 5.69 Å². The number of nitro groups is 1. The molecular formula is C18H21N3O4. The number of nitrogens with zero attached hydrogens (tertiary/aromatic N) is 2. The molecule has 0 spiro atoms. The first-order valence-corrected chi connectivity index (χ1v) is 7.95. The van der Waals surface area contributed by atoms with Crippen LogP contribution in [-0.2, 0) is 0 Å². The molecule has 1 atom stereocenters. The van der Waals surface area contributed by atoms with Crippen LogP contribution in [0.15, 0.2) is 42.5 Å². The largest absolute Gasteiger partial charge is 0.508 e. The van der Waals surface area contributed by atoms with Crippen LogP contribution in [0.25, 0.3) is 0 Å². The number of amides is 2. The van der Waals surface area contributed by atoms with Crippen molar-refractivity contribution in [2.24, 2.45) is 0 Å². The van der Waals surface area contributed by atoms with Gasteiger partial charge in [-0.3, -0.25) is 10.1 Å². The Morgan fingerprint density at radius 2 is 2.00 bits per heavy atom. The van der Waals surface area contributed by atoms with Crippen molar-refractivity contribution in [2.75, 3.05) is 11.9 Å². The Balaban J connectivity index is 2.23. The molecule has 1 unspecified atom stereocenters. The van der Waals surface area contributed by atoms with Crippen LogP contribution >= 0.6 is 0 Å². The molecule has 2 aromatic carbocycles. The highest BCUT2D eigenvalue weighted by molar-refractivity contribution is 5.91. The Labute approximate surface area is 146 Å². The summed E-state index contributed by atoms with van der Waals surface area (Å²) < 4.78 is 0. The van der Waals surface area contributed by atoms with Crippen LogP contribution in [0.5, 0.6) is 5.75 Å². The highest BCUT2D eigenvalue weighted by Gasteiger charge is 2.22. The molecule has 0 bridgehead atoms. The monoisotopic (exact) mass is 343 g/mol. The van der Waals surface area contributed by atoms with Crippen molar-refractivity contribution in [3.63, 3.8) is 0 Å². The molecule has 0 saturated carbocycles. The van der Waals surface area contributed by atoms with Gasteiger partial charge >= 0.3 is 6.03 Å². The number of rotatable bonds is 5. The predicted octanol–water partition coefficient (Wildman–Crippen LogP) is 4.22. The molecule has 0 aliphatic heterocycles. The SMILES string of the molecule is CCN(C(=O)Nc1cccc([N+](=O)[O-])c1C)C(C)c1cccc(O)c1. The first kappa shape index (κ1) is 18.3. The molecule has 0 aliphatic carbocycles. The van der Waals surface area contributed by atoms with Crippen LogP contribution in [0.4, 0.5) is 16.2 Å². The van der Waals surface area contributed by atoms with E-state index in [-0.39, 0.29) is 23.5 Å². The fraction of sp³-hybridized carbons (Fsp3) is 0.278. The molecule has 7 heteroatoms. The zero-order chi connectivity index (χ0) is 18.6. The molecule has 0 radical (unpaired) electrons. The third kappa shape index (κ3) is 4.06. The lowest BCUT2D eigenvalue weighted by Gasteiger charge is -2.29. The molecular weight excluding hydrogens is 322 g/mol. The summed E-state index contributed by atoms with van der Waals surface area (Å²) in [5, 5.41) is 23.4. The highest BCUT2D eigenvalue weighted by Crippen LogP contribution is 2.27. The smallest absolute Gasteiger partial charge is 0.322 e. The van der Waals surface area contributed by atoms with Crippen LogP contribution in [-0.4, -0.2) is 27.5 Å². The topological polar surface area (TPSA) is 95.7 Å². The molecule has 2 rings (SSSR count). The molecule has 0 saturated heterocycles. The van der Waals surface area contributed by atoms with E-state index in [0.29, 0.717) is 17.8 Å². The van der Waals surface area contributed by atoms with Gasteiger partial charge in [-0.15, -0.1) is 0 Å². The summed E-state index contributed by atoms with van der Waals surface area (Å²) in [5.74, 6) is 0.135. The summed E-state index contributed by atoms with van der Waals surface area (Å²) >= 11 is 0. The van der Waals surface area contributed by atoms with E-state index >= 15 is 0 Å². The average molecular weight is 343 g/mol. The number of anilines is 1. The van der Waals surface area contributed by atoms with Crippen LogP contribution in [0, 0.1) is 17.0 Å². The van der Waals surface area contributed by atoms with Crippen molar-refractivity contribution in [3.8, 4) is 5.75 Å². The number of carbonyl (C=O) groups is 1. The molecule has 0 heterocycles. The molecule has 2 N–H and O–H groups in total. The second-order valence-corrected chi connectivity index (χ2v) is 5.69. The maximum atomic E-state index is 12.7. The summed E-state index contributed by atoms with van der Waals surface area (Å²) in [6.07, 6.45) is 0. The molecule has 7 nitrogen and oxygen atoms in total. The van der Waals surface area contributed by atoms with Gasteiger partial charge in [-0.05, 0) is 44.5 Å². The quantitative estimate of drug-likeness (QED) is 0.627. The molecule has 132 valence electrons. The minimum Gasteiger partial charge on any atom is -0.508 e. The summed E-state index contributed by atoms with van der Waals surface area (Å²) in [7, 11) is 0. The third-order valence-electron chi connectivity index (χ3n) is 4.17. The van der Waals surface area contributed by atoms with Crippen LogP contribution in [0.3, 0.4) is 0 Å². The number of benzene rings is 2. The lowest BCUT2D eigenvalue weighted by Crippen LogP contribution is -2.37. The van der Waals surface area contributed by atoms with Crippen molar-refractivity contribution < 1.29 is 14.8 Å². The van der Waals surface area contributed by atoms with Gasteiger partial charge < -0.3 is 15.3 Å². The Kier molecular flexibility index (Phi) is 5.59. The number of phenols is 1. The van der Waals surface area contributed by atoms with Gasteiger partial charge in [-0.1, -0.05) is 18.2 Å². The van der Waals surface area contributed by atoms with Crippen molar-refractivity contribution in [3.05, 3.63) is 63.7 Å². The first-order chi connectivity index (χ1) is 11.8. The molecule has 0 aliphatic rings. The van der Waals surface area contributed by atoms with E-state index in [1.54, 1.807) is 36.1 Å². The third-order valence-corrected chi connectivity index (χ3v) is 4.17. The molecule has 25 heavy (non-hydrogen) atoms. The Morgan fingerprint density at radius 1 is 1.32 bits per heavy atom. The van der Waals surface area contributed by atoms with Crippen molar-refractivity contribution in [1.29, 1.82) is 0 Å². The van der Waals surface area contributed by atoms with Crippen LogP contribution < -0.4 is 5.32 Å². The maximum Gasteiger partial charge on any atom is 0.322 e. The minimum atomic E-state index is -0.474. The van der Waals surface area contributed by atoms with E-state index in [1.165, 1.54) is 12.1 Å². The first-order valence-electron chi connectivity index (χ1n) is 7.95. The average Bonchev–Trinajstić information content (AvgIpc) is 2.57. The molecule has 0 fully saturated rings. The Bertz CT molecular complexity index is 792. The fourth-order valence-electron chi connectivity index (χ4n) is 2.70. The standard InChI is InChI=1S/C18H21N3O4/c1-4-20(13(3)14-7-5-8-15(22)11-14)18(23)19-16-9-6-10-17(12(16)2)21(24)25/h5-11,13,22H,4H2,1-3H3,(H,19,23). The van der Waals surface area contributed by atoms with E-state index in [0.717, 1.165) is 5.56 Å². The van der Waals surface area contributed by atoms with Gasteiger partial charge in [0.1, 0.15) is 5.75 Å². The number of hydrogen-bond acceptors (Lipinski definition) is 4. The second kappa shape index (κ2) is 7.65. The van der Waals surface area contributed by atoms with E-state index in [2.05, 4.69) is 5.32 Å².